The minimum absolute atomic E-state index is 0.229. The fourth-order valence-corrected chi connectivity index (χ4v) is 1.99. The zero-order chi connectivity index (χ0) is 13.7. The van der Waals surface area contributed by atoms with Gasteiger partial charge in [-0.15, -0.1) is 0 Å². The first kappa shape index (κ1) is 14.6. The highest BCUT2D eigenvalue weighted by atomic mass is 16.4. The Morgan fingerprint density at radius 2 is 1.94 bits per heavy atom. The normalized spacial score (nSPS) is 20.3. The molecule has 1 atom stereocenters. The van der Waals surface area contributed by atoms with Gasteiger partial charge in [0.05, 0.1) is 6.04 Å². The lowest BCUT2D eigenvalue weighted by Crippen LogP contribution is -2.59. The summed E-state index contributed by atoms with van der Waals surface area (Å²) < 4.78 is 0. The molecule has 1 aliphatic heterocycles. The second-order valence-corrected chi connectivity index (χ2v) is 4.91. The molecule has 0 saturated carbocycles. The van der Waals surface area contributed by atoms with Gasteiger partial charge in [-0.25, -0.2) is 9.59 Å². The van der Waals surface area contributed by atoms with Crippen LogP contribution in [0.25, 0.3) is 0 Å². The Morgan fingerprint density at radius 3 is 2.44 bits per heavy atom. The van der Waals surface area contributed by atoms with Gasteiger partial charge in [0, 0.05) is 26.2 Å². The van der Waals surface area contributed by atoms with E-state index in [9.17, 15) is 9.59 Å². The first-order valence-electron chi connectivity index (χ1n) is 6.10. The lowest BCUT2D eigenvalue weighted by Gasteiger charge is -2.38. The van der Waals surface area contributed by atoms with E-state index in [0.717, 1.165) is 6.54 Å². The zero-order valence-electron chi connectivity index (χ0n) is 10.8. The Kier molecular flexibility index (Phi) is 5.21. The van der Waals surface area contributed by atoms with E-state index >= 15 is 0 Å². The molecule has 2 amide bonds. The minimum Gasteiger partial charge on any atom is -0.465 e. The molecule has 1 heterocycles. The van der Waals surface area contributed by atoms with Crippen LogP contribution in [0.5, 0.6) is 0 Å². The Hall–Kier alpha value is -1.50. The molecule has 7 heteroatoms. The Labute approximate surface area is 106 Å². The molecule has 1 rings (SSSR count). The monoisotopic (exact) mass is 259 g/mol. The van der Waals surface area contributed by atoms with Gasteiger partial charge in [0.1, 0.15) is 0 Å². The molecule has 18 heavy (non-hydrogen) atoms. The molecule has 3 N–H and O–H groups in total. The lowest BCUT2D eigenvalue weighted by atomic mass is 10.1. The fourth-order valence-electron chi connectivity index (χ4n) is 1.99. The van der Waals surface area contributed by atoms with Crippen LogP contribution in [0.4, 0.5) is 9.59 Å². The van der Waals surface area contributed by atoms with E-state index in [1.165, 1.54) is 9.80 Å². The van der Waals surface area contributed by atoms with Crippen molar-refractivity contribution < 1.29 is 19.8 Å². The Balaban J connectivity index is 2.55. The third-order valence-corrected chi connectivity index (χ3v) is 2.93. The molecule has 104 valence electrons. The summed E-state index contributed by atoms with van der Waals surface area (Å²) in [6.45, 7) is 6.09. The molecule has 7 nitrogen and oxygen atoms in total. The largest absolute Gasteiger partial charge is 0.465 e. The van der Waals surface area contributed by atoms with Gasteiger partial charge in [-0.2, -0.15) is 0 Å². The molecule has 0 bridgehead atoms. The first-order chi connectivity index (χ1) is 8.41. The maximum Gasteiger partial charge on any atom is 0.407 e. The van der Waals surface area contributed by atoms with E-state index < -0.39 is 12.2 Å². The van der Waals surface area contributed by atoms with Crippen LogP contribution in [0, 0.1) is 5.92 Å². The molecule has 1 saturated heterocycles. The topological polar surface area (TPSA) is 93.1 Å². The van der Waals surface area contributed by atoms with Gasteiger partial charge in [0.15, 0.2) is 0 Å². The molecule has 0 spiro atoms. The van der Waals surface area contributed by atoms with Gasteiger partial charge >= 0.3 is 12.2 Å². The van der Waals surface area contributed by atoms with Gasteiger partial charge in [-0.05, 0) is 12.5 Å². The quantitative estimate of drug-likeness (QED) is 0.686. The Bertz CT molecular complexity index is 309. The van der Waals surface area contributed by atoms with Crippen LogP contribution in [0.1, 0.15) is 13.8 Å². The average Bonchev–Trinajstić information content (AvgIpc) is 2.27. The molecular weight excluding hydrogens is 238 g/mol. The van der Waals surface area contributed by atoms with Crippen LogP contribution < -0.4 is 5.32 Å². The second-order valence-electron chi connectivity index (χ2n) is 4.91. The number of piperazine rings is 1. The van der Waals surface area contributed by atoms with Crippen molar-refractivity contribution in [3.63, 3.8) is 0 Å². The number of nitrogens with one attached hydrogen (secondary N) is 1. The van der Waals surface area contributed by atoms with Crippen molar-refractivity contribution in [2.75, 3.05) is 32.7 Å². The molecule has 0 aromatic heterocycles. The van der Waals surface area contributed by atoms with Crippen molar-refractivity contribution in [3.05, 3.63) is 0 Å². The summed E-state index contributed by atoms with van der Waals surface area (Å²) in [7, 11) is 0. The zero-order valence-corrected chi connectivity index (χ0v) is 10.8. The van der Waals surface area contributed by atoms with Crippen LogP contribution in [-0.4, -0.2) is 71.0 Å². The van der Waals surface area contributed by atoms with Crippen molar-refractivity contribution in [2.24, 2.45) is 5.92 Å². The van der Waals surface area contributed by atoms with Gasteiger partial charge in [-0.3, -0.25) is 0 Å². The summed E-state index contributed by atoms with van der Waals surface area (Å²) >= 11 is 0. The van der Waals surface area contributed by atoms with Crippen molar-refractivity contribution in [3.8, 4) is 0 Å². The third-order valence-electron chi connectivity index (χ3n) is 2.93. The summed E-state index contributed by atoms with van der Waals surface area (Å²) in [5, 5.41) is 21.2. The number of amides is 2. The molecule has 1 fully saturated rings. The highest BCUT2D eigenvalue weighted by Crippen LogP contribution is 2.10. The standard InChI is InChI=1S/C11H21N3O4/c1-8(2)5-12-6-9-7-13(10(15)16)3-4-14(9)11(17)18/h8-9,12H,3-7H2,1-2H3,(H,15,16)(H,17,18)/t9-/m0/s1. The smallest absolute Gasteiger partial charge is 0.407 e. The van der Waals surface area contributed by atoms with Gasteiger partial charge in [-0.1, -0.05) is 13.8 Å². The maximum absolute atomic E-state index is 11.1. The van der Waals surface area contributed by atoms with E-state index in [0.29, 0.717) is 12.5 Å². The highest BCUT2D eigenvalue weighted by molar-refractivity contribution is 5.68. The SMILES string of the molecule is CC(C)CNC[C@H]1CN(C(=O)O)CCN1C(=O)O. The summed E-state index contributed by atoms with van der Waals surface area (Å²) in [6, 6.07) is -0.314. The number of carbonyl (C=O) groups is 2. The van der Waals surface area contributed by atoms with Crippen LogP contribution in [0.15, 0.2) is 0 Å². The number of hydrogen-bond acceptors (Lipinski definition) is 3. The van der Waals surface area contributed by atoms with Crippen LogP contribution in [0.3, 0.4) is 0 Å². The summed E-state index contributed by atoms with van der Waals surface area (Å²) in [5.74, 6) is 0.474. The first-order valence-corrected chi connectivity index (χ1v) is 6.10. The van der Waals surface area contributed by atoms with Crippen molar-refractivity contribution in [1.82, 2.24) is 15.1 Å². The number of carboxylic acid groups (broad SMARTS) is 2. The number of nitrogens with zero attached hydrogens (tertiary/aromatic N) is 2. The fraction of sp³-hybridized carbons (Fsp3) is 0.818. The second kappa shape index (κ2) is 6.44. The van der Waals surface area contributed by atoms with E-state index in [4.69, 9.17) is 10.2 Å². The molecule has 0 aliphatic carbocycles. The maximum atomic E-state index is 11.1. The molecule has 0 unspecified atom stereocenters. The average molecular weight is 259 g/mol. The van der Waals surface area contributed by atoms with Gasteiger partial charge in [0.25, 0.3) is 0 Å². The summed E-state index contributed by atoms with van der Waals surface area (Å²) in [5.41, 5.74) is 0. The van der Waals surface area contributed by atoms with Crippen LogP contribution in [0.2, 0.25) is 0 Å². The van der Waals surface area contributed by atoms with Gasteiger partial charge in [0.2, 0.25) is 0 Å². The molecule has 0 radical (unpaired) electrons. The van der Waals surface area contributed by atoms with Gasteiger partial charge < -0.3 is 25.3 Å². The predicted octanol–water partition coefficient (Wildman–Crippen LogP) is 0.574. The summed E-state index contributed by atoms with van der Waals surface area (Å²) in [6.07, 6.45) is -1.98. The minimum atomic E-state index is -0.992. The predicted molar refractivity (Wildman–Crippen MR) is 65.8 cm³/mol. The van der Waals surface area contributed by atoms with Crippen LogP contribution in [-0.2, 0) is 0 Å². The van der Waals surface area contributed by atoms with E-state index in [1.807, 2.05) is 0 Å². The number of rotatable bonds is 4. The molecule has 0 aromatic carbocycles. The van der Waals surface area contributed by atoms with E-state index in [1.54, 1.807) is 0 Å². The number of hydrogen-bond donors (Lipinski definition) is 3. The van der Waals surface area contributed by atoms with Crippen molar-refractivity contribution in [2.45, 2.75) is 19.9 Å². The molecule has 0 aromatic rings. The molecular formula is C11H21N3O4. The lowest BCUT2D eigenvalue weighted by molar-refractivity contribution is 0.0635. The van der Waals surface area contributed by atoms with E-state index in [-0.39, 0.29) is 25.7 Å². The van der Waals surface area contributed by atoms with Crippen molar-refractivity contribution >= 4 is 12.2 Å². The Morgan fingerprint density at radius 1 is 1.28 bits per heavy atom. The molecule has 1 aliphatic rings. The third kappa shape index (κ3) is 4.06. The highest BCUT2D eigenvalue weighted by Gasteiger charge is 2.31. The van der Waals surface area contributed by atoms with Crippen LogP contribution >= 0.6 is 0 Å². The summed E-state index contributed by atoms with van der Waals surface area (Å²) in [4.78, 5) is 24.5. The van der Waals surface area contributed by atoms with Crippen molar-refractivity contribution in [1.29, 1.82) is 0 Å². The van der Waals surface area contributed by atoms with E-state index in [2.05, 4.69) is 19.2 Å².